The summed E-state index contributed by atoms with van der Waals surface area (Å²) in [5, 5.41) is 20.8. The molecule has 27 heavy (non-hydrogen) atoms. The van der Waals surface area contributed by atoms with Gasteiger partial charge < -0.3 is 14.2 Å². The fourth-order valence-electron chi connectivity index (χ4n) is 2.36. The predicted octanol–water partition coefficient (Wildman–Crippen LogP) is 3.41. The van der Waals surface area contributed by atoms with E-state index in [9.17, 15) is 20.2 Å². The highest BCUT2D eigenvalue weighted by atomic mass is 16.6. The number of Topliss-reactive ketones (excluding diaryl/α,β-unsaturated/α-hetero) is 1. The molecule has 0 unspecified atom stereocenters. The minimum atomic E-state index is -0.624. The molecule has 0 aliphatic carbocycles. The fraction of sp³-hybridized carbons (Fsp3) is 0.158. The van der Waals surface area contributed by atoms with Gasteiger partial charge in [0, 0.05) is 5.56 Å². The van der Waals surface area contributed by atoms with E-state index in [4.69, 9.17) is 14.2 Å². The van der Waals surface area contributed by atoms with Crippen LogP contribution in [-0.4, -0.2) is 32.0 Å². The molecule has 2 aromatic rings. The summed E-state index contributed by atoms with van der Waals surface area (Å²) < 4.78 is 15.2. The van der Waals surface area contributed by atoms with E-state index in [0.29, 0.717) is 5.75 Å². The molecule has 2 rings (SSSR count). The van der Waals surface area contributed by atoms with Crippen LogP contribution in [0.3, 0.4) is 0 Å². The summed E-state index contributed by atoms with van der Waals surface area (Å²) in [6, 6.07) is 10.5. The SMILES string of the molecule is COc1ccc(C(=O)/C(C#N)=C/c2cc(OC)c(OC)cc2[N+](=O)[O-])cc1. The lowest BCUT2D eigenvalue weighted by Gasteiger charge is -2.09. The molecule has 8 nitrogen and oxygen atoms in total. The quantitative estimate of drug-likeness (QED) is 0.242. The summed E-state index contributed by atoms with van der Waals surface area (Å²) in [5.41, 5.74) is -0.263. The summed E-state index contributed by atoms with van der Waals surface area (Å²) in [7, 11) is 4.23. The highest BCUT2D eigenvalue weighted by molar-refractivity contribution is 6.14. The molecule has 0 aliphatic rings. The molecule has 0 N–H and O–H groups in total. The lowest BCUT2D eigenvalue weighted by molar-refractivity contribution is -0.385. The van der Waals surface area contributed by atoms with Crippen molar-refractivity contribution in [3.63, 3.8) is 0 Å². The number of rotatable bonds is 7. The average Bonchev–Trinajstić information content (AvgIpc) is 2.70. The largest absolute Gasteiger partial charge is 0.497 e. The second-order valence-corrected chi connectivity index (χ2v) is 5.25. The summed E-state index contributed by atoms with van der Waals surface area (Å²) in [6.45, 7) is 0. The van der Waals surface area contributed by atoms with E-state index >= 15 is 0 Å². The van der Waals surface area contributed by atoms with Crippen molar-refractivity contribution in [1.82, 2.24) is 0 Å². The summed E-state index contributed by atoms with van der Waals surface area (Å²) in [4.78, 5) is 23.3. The van der Waals surface area contributed by atoms with Crippen molar-refractivity contribution in [3.8, 4) is 23.3 Å². The molecule has 0 aromatic heterocycles. The van der Waals surface area contributed by atoms with Crippen molar-refractivity contribution < 1.29 is 23.9 Å². The maximum Gasteiger partial charge on any atom is 0.280 e. The highest BCUT2D eigenvalue weighted by Crippen LogP contribution is 2.35. The van der Waals surface area contributed by atoms with Gasteiger partial charge in [-0.25, -0.2) is 0 Å². The summed E-state index contributed by atoms with van der Waals surface area (Å²) >= 11 is 0. The molecule has 0 saturated carbocycles. The molecule has 0 spiro atoms. The van der Waals surface area contributed by atoms with E-state index in [2.05, 4.69) is 0 Å². The first-order valence-electron chi connectivity index (χ1n) is 7.66. The molecule has 0 atom stereocenters. The van der Waals surface area contributed by atoms with Gasteiger partial charge >= 0.3 is 0 Å². The standard InChI is InChI=1S/C19H16N2O6/c1-25-15-6-4-12(5-7-15)19(22)14(11-20)8-13-9-17(26-2)18(27-3)10-16(13)21(23)24/h4-10H,1-3H3/b14-8+. The van der Waals surface area contributed by atoms with Crippen LogP contribution in [0, 0.1) is 21.4 Å². The van der Waals surface area contributed by atoms with Crippen molar-refractivity contribution in [2.24, 2.45) is 0 Å². The Morgan fingerprint density at radius 1 is 1.07 bits per heavy atom. The first-order valence-corrected chi connectivity index (χ1v) is 7.66. The first kappa shape index (κ1) is 19.5. The molecule has 0 fully saturated rings. The number of allylic oxidation sites excluding steroid dienone is 1. The minimum absolute atomic E-state index is 0.0519. The van der Waals surface area contributed by atoms with Crippen LogP contribution in [0.5, 0.6) is 17.2 Å². The molecule has 0 radical (unpaired) electrons. The van der Waals surface area contributed by atoms with E-state index in [1.165, 1.54) is 45.6 Å². The maximum absolute atomic E-state index is 12.6. The van der Waals surface area contributed by atoms with Gasteiger partial charge in [-0.2, -0.15) is 5.26 Å². The zero-order valence-corrected chi connectivity index (χ0v) is 14.9. The highest BCUT2D eigenvalue weighted by Gasteiger charge is 2.20. The Morgan fingerprint density at radius 2 is 1.67 bits per heavy atom. The maximum atomic E-state index is 12.6. The molecular weight excluding hydrogens is 352 g/mol. The molecule has 0 bridgehead atoms. The van der Waals surface area contributed by atoms with Crippen LogP contribution in [0.4, 0.5) is 5.69 Å². The van der Waals surface area contributed by atoms with Gasteiger partial charge in [-0.15, -0.1) is 0 Å². The number of hydrogen-bond acceptors (Lipinski definition) is 7. The Labute approximate surface area is 155 Å². The normalized spacial score (nSPS) is 10.7. The molecule has 8 heteroatoms. The zero-order valence-electron chi connectivity index (χ0n) is 14.9. The number of methoxy groups -OCH3 is 3. The third kappa shape index (κ3) is 4.22. The van der Waals surface area contributed by atoms with Crippen LogP contribution >= 0.6 is 0 Å². The van der Waals surface area contributed by atoms with E-state index in [1.807, 2.05) is 0 Å². The number of carbonyl (C=O) groups is 1. The number of ketones is 1. The van der Waals surface area contributed by atoms with Crippen molar-refractivity contribution >= 4 is 17.5 Å². The van der Waals surface area contributed by atoms with E-state index in [-0.39, 0.29) is 33.9 Å². The zero-order chi connectivity index (χ0) is 20.0. The van der Waals surface area contributed by atoms with Gasteiger partial charge in [0.15, 0.2) is 11.5 Å². The van der Waals surface area contributed by atoms with Gasteiger partial charge in [-0.1, -0.05) is 0 Å². The van der Waals surface area contributed by atoms with Crippen molar-refractivity contribution in [3.05, 3.63) is 63.2 Å². The second kappa shape index (κ2) is 8.49. The van der Waals surface area contributed by atoms with Gasteiger partial charge in [-0.05, 0) is 36.4 Å². The number of hydrogen-bond donors (Lipinski definition) is 0. The molecule has 0 heterocycles. The first-order chi connectivity index (χ1) is 12.9. The van der Waals surface area contributed by atoms with E-state index < -0.39 is 10.7 Å². The number of benzene rings is 2. The third-order valence-electron chi connectivity index (χ3n) is 3.75. The molecule has 0 amide bonds. The Morgan fingerprint density at radius 3 is 2.15 bits per heavy atom. The van der Waals surface area contributed by atoms with Crippen LogP contribution in [0.25, 0.3) is 6.08 Å². The fourth-order valence-corrected chi connectivity index (χ4v) is 2.36. The van der Waals surface area contributed by atoms with Gasteiger partial charge in [0.25, 0.3) is 5.69 Å². The number of nitro groups is 1. The Balaban J connectivity index is 2.54. The Bertz CT molecular complexity index is 942. The molecule has 2 aromatic carbocycles. The van der Waals surface area contributed by atoms with Gasteiger partial charge in [0.1, 0.15) is 17.4 Å². The van der Waals surface area contributed by atoms with Crippen LogP contribution in [0.2, 0.25) is 0 Å². The number of nitrogens with zero attached hydrogens (tertiary/aromatic N) is 2. The molecule has 0 saturated heterocycles. The van der Waals surface area contributed by atoms with Gasteiger partial charge in [0.05, 0.1) is 37.9 Å². The van der Waals surface area contributed by atoms with Crippen molar-refractivity contribution in [2.45, 2.75) is 0 Å². The predicted molar refractivity (Wildman–Crippen MR) is 97.1 cm³/mol. The average molecular weight is 368 g/mol. The Kier molecular flexibility index (Phi) is 6.12. The van der Waals surface area contributed by atoms with Crippen LogP contribution in [0.15, 0.2) is 42.0 Å². The Hall–Kier alpha value is -3.86. The molecule has 138 valence electrons. The number of nitriles is 1. The number of ether oxygens (including phenoxy) is 3. The lowest BCUT2D eigenvalue weighted by atomic mass is 10.0. The van der Waals surface area contributed by atoms with Gasteiger partial charge in [0.2, 0.25) is 5.78 Å². The lowest BCUT2D eigenvalue weighted by Crippen LogP contribution is -2.03. The monoisotopic (exact) mass is 368 g/mol. The molecular formula is C19H16N2O6. The summed E-state index contributed by atoms with van der Waals surface area (Å²) in [6.07, 6.45) is 1.16. The van der Waals surface area contributed by atoms with E-state index in [0.717, 1.165) is 6.08 Å². The number of carbonyl (C=O) groups excluding carboxylic acids is 1. The van der Waals surface area contributed by atoms with E-state index in [1.54, 1.807) is 18.2 Å². The topological polar surface area (TPSA) is 112 Å². The third-order valence-corrected chi connectivity index (χ3v) is 3.75. The smallest absolute Gasteiger partial charge is 0.280 e. The van der Waals surface area contributed by atoms with Crippen LogP contribution < -0.4 is 14.2 Å². The summed E-state index contributed by atoms with van der Waals surface area (Å²) in [5.74, 6) is 0.402. The van der Waals surface area contributed by atoms with Crippen LogP contribution in [0.1, 0.15) is 15.9 Å². The van der Waals surface area contributed by atoms with Crippen LogP contribution in [-0.2, 0) is 0 Å². The molecule has 0 aliphatic heterocycles. The minimum Gasteiger partial charge on any atom is -0.497 e. The van der Waals surface area contributed by atoms with Crippen molar-refractivity contribution in [1.29, 1.82) is 5.26 Å². The van der Waals surface area contributed by atoms with Crippen molar-refractivity contribution in [2.75, 3.05) is 21.3 Å². The number of nitro benzene ring substituents is 1. The van der Waals surface area contributed by atoms with Gasteiger partial charge in [-0.3, -0.25) is 14.9 Å². The second-order valence-electron chi connectivity index (χ2n) is 5.25.